The minimum Gasteiger partial charge on any atom is -0.444 e. The summed E-state index contributed by atoms with van der Waals surface area (Å²) < 4.78 is 44.1. The predicted octanol–water partition coefficient (Wildman–Crippen LogP) is 5.14. The number of alkyl halides is 4. The van der Waals surface area contributed by atoms with Gasteiger partial charge in [-0.15, -0.1) is 11.6 Å². The van der Waals surface area contributed by atoms with Crippen LogP contribution in [-0.2, 0) is 23.7 Å². The molecule has 0 atom stereocenters. The van der Waals surface area contributed by atoms with Gasteiger partial charge >= 0.3 is 12.3 Å². The third-order valence-electron chi connectivity index (χ3n) is 3.69. The third kappa shape index (κ3) is 6.61. The Hall–Kier alpha value is -1.96. The van der Waals surface area contributed by atoms with Crippen LogP contribution < -0.4 is 5.32 Å². The molecule has 2 aromatic rings. The summed E-state index contributed by atoms with van der Waals surface area (Å²) in [4.78, 5) is 16.1. The first-order chi connectivity index (χ1) is 12.5. The SMILES string of the molecule is CC(C)(C)OC(=O)NCc1ccc2c(c1)nc(CCl)n2CCCC(F)(F)F. The van der Waals surface area contributed by atoms with Crippen LogP contribution in [0, 0.1) is 0 Å². The van der Waals surface area contributed by atoms with Gasteiger partial charge in [-0.2, -0.15) is 13.2 Å². The van der Waals surface area contributed by atoms with Crippen LogP contribution in [0.5, 0.6) is 0 Å². The normalized spacial score (nSPS) is 12.4. The van der Waals surface area contributed by atoms with E-state index in [-0.39, 0.29) is 25.4 Å². The number of hydrogen-bond donors (Lipinski definition) is 1. The van der Waals surface area contributed by atoms with E-state index in [1.54, 1.807) is 43.5 Å². The Morgan fingerprint density at radius 2 is 2.00 bits per heavy atom. The van der Waals surface area contributed by atoms with Gasteiger partial charge in [0.2, 0.25) is 0 Å². The van der Waals surface area contributed by atoms with Crippen LogP contribution in [0.2, 0.25) is 0 Å². The number of alkyl carbamates (subject to hydrolysis) is 1. The molecule has 0 aliphatic rings. The van der Waals surface area contributed by atoms with Crippen LogP contribution >= 0.6 is 11.6 Å². The lowest BCUT2D eigenvalue weighted by Gasteiger charge is -2.19. The van der Waals surface area contributed by atoms with Crippen LogP contribution in [0.15, 0.2) is 18.2 Å². The van der Waals surface area contributed by atoms with Gasteiger partial charge in [0.1, 0.15) is 11.4 Å². The molecule has 150 valence electrons. The van der Waals surface area contributed by atoms with E-state index >= 15 is 0 Å². The fourth-order valence-electron chi connectivity index (χ4n) is 2.61. The Bertz CT molecular complexity index is 797. The van der Waals surface area contributed by atoms with Crippen molar-refractivity contribution in [3.8, 4) is 0 Å². The second-order valence-corrected chi connectivity index (χ2v) is 7.48. The number of imidazole rings is 1. The molecule has 1 aromatic heterocycles. The summed E-state index contributed by atoms with van der Waals surface area (Å²) in [6, 6.07) is 5.35. The first-order valence-corrected chi connectivity index (χ1v) is 9.09. The second kappa shape index (κ2) is 8.37. The lowest BCUT2D eigenvalue weighted by molar-refractivity contribution is -0.135. The van der Waals surface area contributed by atoms with Gasteiger partial charge in [0.25, 0.3) is 0 Å². The molecule has 1 heterocycles. The molecular formula is C18H23ClF3N3O2. The van der Waals surface area contributed by atoms with Crippen molar-refractivity contribution < 1.29 is 22.7 Å². The zero-order valence-corrected chi connectivity index (χ0v) is 16.2. The molecule has 0 aliphatic carbocycles. The Morgan fingerprint density at radius 1 is 1.30 bits per heavy atom. The molecule has 1 amide bonds. The highest BCUT2D eigenvalue weighted by molar-refractivity contribution is 6.16. The molecule has 0 bridgehead atoms. The summed E-state index contributed by atoms with van der Waals surface area (Å²) in [5.41, 5.74) is 1.56. The highest BCUT2D eigenvalue weighted by atomic mass is 35.5. The van der Waals surface area contributed by atoms with Gasteiger partial charge in [0.15, 0.2) is 0 Å². The lowest BCUT2D eigenvalue weighted by Crippen LogP contribution is -2.32. The first kappa shape index (κ1) is 21.3. The number of ether oxygens (including phenoxy) is 1. The van der Waals surface area contributed by atoms with Crippen LogP contribution in [0.4, 0.5) is 18.0 Å². The Balaban J connectivity index is 2.10. The fourth-order valence-corrected chi connectivity index (χ4v) is 2.82. The monoisotopic (exact) mass is 405 g/mol. The number of aryl methyl sites for hydroxylation is 1. The third-order valence-corrected chi connectivity index (χ3v) is 3.93. The number of carbonyl (C=O) groups excluding carboxylic acids is 1. The summed E-state index contributed by atoms with van der Waals surface area (Å²) >= 11 is 5.90. The minimum atomic E-state index is -4.18. The standard InChI is InChI=1S/C18H23ClF3N3O2/c1-17(2,3)27-16(26)23-11-12-5-6-14-13(9-12)24-15(10-19)25(14)8-4-7-18(20,21)22/h5-6,9H,4,7-8,10-11H2,1-3H3,(H,23,26). The van der Waals surface area contributed by atoms with Crippen molar-refractivity contribution in [2.45, 2.75) is 64.4 Å². The summed E-state index contributed by atoms with van der Waals surface area (Å²) in [6.07, 6.45) is -5.60. The molecule has 1 N–H and O–H groups in total. The number of benzene rings is 1. The number of hydrogen-bond acceptors (Lipinski definition) is 3. The number of rotatable bonds is 6. The van der Waals surface area contributed by atoms with E-state index in [9.17, 15) is 18.0 Å². The van der Waals surface area contributed by atoms with Crippen molar-refractivity contribution in [1.82, 2.24) is 14.9 Å². The molecule has 0 saturated heterocycles. The van der Waals surface area contributed by atoms with Gasteiger partial charge in [-0.1, -0.05) is 6.07 Å². The van der Waals surface area contributed by atoms with Gasteiger partial charge in [-0.3, -0.25) is 0 Å². The number of nitrogens with one attached hydrogen (secondary N) is 1. The van der Waals surface area contributed by atoms with E-state index in [1.165, 1.54) is 0 Å². The van der Waals surface area contributed by atoms with E-state index < -0.39 is 24.3 Å². The summed E-state index contributed by atoms with van der Waals surface area (Å²) in [5.74, 6) is 0.623. The number of carbonyl (C=O) groups is 1. The van der Waals surface area contributed by atoms with Gasteiger partial charge in [-0.05, 0) is 44.9 Å². The van der Waals surface area contributed by atoms with Crippen LogP contribution in [0.3, 0.4) is 0 Å². The Morgan fingerprint density at radius 3 is 2.59 bits per heavy atom. The van der Waals surface area contributed by atoms with E-state index in [1.807, 2.05) is 0 Å². The average Bonchev–Trinajstić information content (AvgIpc) is 2.87. The molecule has 0 aliphatic heterocycles. The second-order valence-electron chi connectivity index (χ2n) is 7.21. The van der Waals surface area contributed by atoms with Crippen molar-refractivity contribution in [3.05, 3.63) is 29.6 Å². The zero-order chi connectivity index (χ0) is 20.2. The highest BCUT2D eigenvalue weighted by Gasteiger charge is 2.26. The maximum Gasteiger partial charge on any atom is 0.407 e. The molecule has 0 saturated carbocycles. The lowest BCUT2D eigenvalue weighted by atomic mass is 10.2. The summed E-state index contributed by atoms with van der Waals surface area (Å²) in [5, 5.41) is 2.66. The molecule has 0 radical (unpaired) electrons. The molecule has 27 heavy (non-hydrogen) atoms. The van der Waals surface area contributed by atoms with Crippen molar-refractivity contribution in [1.29, 1.82) is 0 Å². The van der Waals surface area contributed by atoms with E-state index in [2.05, 4.69) is 10.3 Å². The topological polar surface area (TPSA) is 56.1 Å². The molecular weight excluding hydrogens is 383 g/mol. The largest absolute Gasteiger partial charge is 0.444 e. The fraction of sp³-hybridized carbons (Fsp3) is 0.556. The maximum atomic E-state index is 12.4. The quantitative estimate of drug-likeness (QED) is 0.677. The maximum absolute atomic E-state index is 12.4. The number of fused-ring (bicyclic) bond motifs is 1. The van der Waals surface area contributed by atoms with Crippen molar-refractivity contribution in [2.24, 2.45) is 0 Å². The minimum absolute atomic E-state index is 0.0409. The Kier molecular flexibility index (Phi) is 6.62. The molecule has 2 rings (SSSR count). The van der Waals surface area contributed by atoms with Gasteiger partial charge in [-0.25, -0.2) is 9.78 Å². The molecule has 1 aromatic carbocycles. The molecule has 9 heteroatoms. The van der Waals surface area contributed by atoms with Crippen molar-refractivity contribution >= 4 is 28.7 Å². The molecule has 0 spiro atoms. The molecule has 0 fully saturated rings. The Labute approximate surface area is 160 Å². The summed E-state index contributed by atoms with van der Waals surface area (Å²) in [6.45, 7) is 5.77. The van der Waals surface area contributed by atoms with E-state index in [0.717, 1.165) is 5.56 Å². The van der Waals surface area contributed by atoms with Crippen LogP contribution in [0.25, 0.3) is 11.0 Å². The highest BCUT2D eigenvalue weighted by Crippen LogP contribution is 2.24. The van der Waals surface area contributed by atoms with Crippen molar-refractivity contribution in [2.75, 3.05) is 0 Å². The van der Waals surface area contributed by atoms with Gasteiger partial charge < -0.3 is 14.6 Å². The van der Waals surface area contributed by atoms with Crippen LogP contribution in [-0.4, -0.2) is 27.4 Å². The van der Waals surface area contributed by atoms with Gasteiger partial charge in [0, 0.05) is 19.5 Å². The van der Waals surface area contributed by atoms with E-state index in [4.69, 9.17) is 16.3 Å². The predicted molar refractivity (Wildman–Crippen MR) is 97.7 cm³/mol. The van der Waals surface area contributed by atoms with E-state index in [0.29, 0.717) is 16.9 Å². The van der Waals surface area contributed by atoms with Gasteiger partial charge in [0.05, 0.1) is 16.9 Å². The van der Waals surface area contributed by atoms with Crippen molar-refractivity contribution in [3.63, 3.8) is 0 Å². The number of aromatic nitrogens is 2. The number of halogens is 4. The molecule has 0 unspecified atom stereocenters. The first-order valence-electron chi connectivity index (χ1n) is 8.56. The molecule has 5 nitrogen and oxygen atoms in total. The smallest absolute Gasteiger partial charge is 0.407 e. The average molecular weight is 406 g/mol. The summed E-state index contributed by atoms with van der Waals surface area (Å²) in [7, 11) is 0. The number of amides is 1. The van der Waals surface area contributed by atoms with Crippen LogP contribution in [0.1, 0.15) is 45.0 Å². The zero-order valence-electron chi connectivity index (χ0n) is 15.5. The number of nitrogens with zero attached hydrogens (tertiary/aromatic N) is 2.